The lowest BCUT2D eigenvalue weighted by atomic mass is 9.81. The molecular weight excluding hydrogens is 232 g/mol. The summed E-state index contributed by atoms with van der Waals surface area (Å²) in [4.78, 5) is 24.7. The predicted octanol–water partition coefficient (Wildman–Crippen LogP) is 1.75. The Kier molecular flexibility index (Phi) is 2.61. The van der Waals surface area contributed by atoms with Crippen LogP contribution in [0.15, 0.2) is 35.4 Å². The number of Topliss-reactive ketones (excluding diaryl/α,β-unsaturated/α-hetero) is 2. The average Bonchev–Trinajstić information content (AvgIpc) is 2.44. The van der Waals surface area contributed by atoms with Gasteiger partial charge in [0, 0.05) is 30.2 Å². The van der Waals surface area contributed by atoms with Crippen LogP contribution in [-0.4, -0.2) is 31.6 Å². The van der Waals surface area contributed by atoms with Crippen molar-refractivity contribution in [3.05, 3.63) is 46.5 Å². The van der Waals surface area contributed by atoms with E-state index in [1.165, 1.54) is 7.11 Å². The molecule has 2 aliphatic rings. The van der Waals surface area contributed by atoms with Crippen LogP contribution in [0.25, 0.3) is 0 Å². The fourth-order valence-corrected chi connectivity index (χ4v) is 2.48. The van der Waals surface area contributed by atoms with E-state index in [-0.39, 0.29) is 11.6 Å². The zero-order chi connectivity index (χ0) is 12.7. The maximum Gasteiger partial charge on any atom is 0.195 e. The number of hydrogen-bond donors (Lipinski definition) is 0. The minimum atomic E-state index is -0.724. The molecule has 18 heavy (non-hydrogen) atoms. The van der Waals surface area contributed by atoms with Crippen molar-refractivity contribution in [3.63, 3.8) is 0 Å². The van der Waals surface area contributed by atoms with Crippen molar-refractivity contribution in [2.75, 3.05) is 13.7 Å². The maximum atomic E-state index is 12.4. The van der Waals surface area contributed by atoms with Crippen molar-refractivity contribution in [1.29, 1.82) is 0 Å². The third kappa shape index (κ3) is 1.46. The highest BCUT2D eigenvalue weighted by Gasteiger charge is 2.38. The molecule has 3 rings (SSSR count). The molecule has 4 heteroatoms. The second-order valence-electron chi connectivity index (χ2n) is 4.28. The lowest BCUT2D eigenvalue weighted by Crippen LogP contribution is -2.35. The van der Waals surface area contributed by atoms with E-state index < -0.39 is 6.29 Å². The summed E-state index contributed by atoms with van der Waals surface area (Å²) < 4.78 is 10.5. The van der Waals surface area contributed by atoms with Crippen LogP contribution in [0.1, 0.15) is 27.1 Å². The predicted molar refractivity (Wildman–Crippen MR) is 63.5 cm³/mol. The van der Waals surface area contributed by atoms with Crippen LogP contribution in [-0.2, 0) is 9.47 Å². The second kappa shape index (κ2) is 4.15. The Balaban J connectivity index is 2.20. The monoisotopic (exact) mass is 244 g/mol. The highest BCUT2D eigenvalue weighted by molar-refractivity contribution is 6.27. The fourth-order valence-electron chi connectivity index (χ4n) is 2.48. The first-order valence-corrected chi connectivity index (χ1v) is 5.80. The number of carbonyl (C=O) groups is 2. The summed E-state index contributed by atoms with van der Waals surface area (Å²) in [5, 5.41) is 0. The summed E-state index contributed by atoms with van der Waals surface area (Å²) in [5.41, 5.74) is 1.83. The van der Waals surface area contributed by atoms with Crippen molar-refractivity contribution >= 4 is 11.6 Å². The summed E-state index contributed by atoms with van der Waals surface area (Å²) in [6, 6.07) is 6.88. The van der Waals surface area contributed by atoms with Crippen molar-refractivity contribution in [3.8, 4) is 0 Å². The van der Waals surface area contributed by atoms with E-state index in [2.05, 4.69) is 0 Å². The van der Waals surface area contributed by atoms with E-state index in [4.69, 9.17) is 9.47 Å². The van der Waals surface area contributed by atoms with Gasteiger partial charge < -0.3 is 9.47 Å². The van der Waals surface area contributed by atoms with Crippen molar-refractivity contribution < 1.29 is 19.1 Å². The molecule has 4 nitrogen and oxygen atoms in total. The van der Waals surface area contributed by atoms with Gasteiger partial charge in [-0.15, -0.1) is 0 Å². The van der Waals surface area contributed by atoms with Crippen molar-refractivity contribution in [1.82, 2.24) is 0 Å². The molecule has 1 atom stereocenters. The number of hydrogen-bond acceptors (Lipinski definition) is 4. The van der Waals surface area contributed by atoms with Crippen LogP contribution < -0.4 is 0 Å². The van der Waals surface area contributed by atoms with Gasteiger partial charge in [-0.2, -0.15) is 0 Å². The minimum absolute atomic E-state index is 0.0782. The first-order chi connectivity index (χ1) is 8.74. The molecule has 1 aliphatic carbocycles. The minimum Gasteiger partial charge on any atom is -0.352 e. The molecule has 0 N–H and O–H groups in total. The number of ketones is 2. The molecule has 0 bridgehead atoms. The Bertz CT molecular complexity index is 571. The number of benzene rings is 1. The molecule has 1 heterocycles. The first-order valence-electron chi connectivity index (χ1n) is 5.80. The molecule has 1 aromatic rings. The summed E-state index contributed by atoms with van der Waals surface area (Å²) in [6.45, 7) is 0.401. The molecule has 0 saturated carbocycles. The fraction of sp³-hybridized carbons (Fsp3) is 0.286. The maximum absolute atomic E-state index is 12.4. The SMILES string of the molecule is COC1OCCC2=C1C(=O)c1ccccc1C2=O. The Labute approximate surface area is 104 Å². The highest BCUT2D eigenvalue weighted by atomic mass is 16.7. The molecule has 0 amide bonds. The van der Waals surface area contributed by atoms with Gasteiger partial charge in [-0.1, -0.05) is 24.3 Å². The summed E-state index contributed by atoms with van der Waals surface area (Å²) in [6.07, 6.45) is -0.257. The Morgan fingerprint density at radius 2 is 1.83 bits per heavy atom. The van der Waals surface area contributed by atoms with E-state index in [1.54, 1.807) is 24.3 Å². The molecule has 0 aromatic heterocycles. The number of ether oxygens (including phenoxy) is 2. The first kappa shape index (κ1) is 11.3. The lowest BCUT2D eigenvalue weighted by molar-refractivity contribution is -0.102. The van der Waals surface area contributed by atoms with Gasteiger partial charge in [0.05, 0.1) is 12.2 Å². The van der Waals surface area contributed by atoms with E-state index in [0.717, 1.165) is 0 Å². The van der Waals surface area contributed by atoms with Crippen LogP contribution in [0.5, 0.6) is 0 Å². The van der Waals surface area contributed by atoms with Gasteiger partial charge in [0.2, 0.25) is 0 Å². The lowest BCUT2D eigenvalue weighted by Gasteiger charge is -2.29. The third-order valence-electron chi connectivity index (χ3n) is 3.33. The van der Waals surface area contributed by atoms with Crippen molar-refractivity contribution in [2.24, 2.45) is 0 Å². The van der Waals surface area contributed by atoms with Gasteiger partial charge >= 0.3 is 0 Å². The third-order valence-corrected chi connectivity index (χ3v) is 3.33. The summed E-state index contributed by atoms with van der Waals surface area (Å²) in [7, 11) is 1.47. The zero-order valence-corrected chi connectivity index (χ0v) is 9.93. The number of fused-ring (bicyclic) bond motifs is 1. The highest BCUT2D eigenvalue weighted by Crippen LogP contribution is 2.33. The molecule has 1 unspecified atom stereocenters. The normalized spacial score (nSPS) is 22.8. The molecular formula is C14H12O4. The molecule has 1 aromatic carbocycles. The van der Waals surface area contributed by atoms with Crippen LogP contribution in [0.2, 0.25) is 0 Å². The van der Waals surface area contributed by atoms with Gasteiger partial charge in [-0.05, 0) is 0 Å². The van der Waals surface area contributed by atoms with Gasteiger partial charge in [0.1, 0.15) is 0 Å². The van der Waals surface area contributed by atoms with Crippen LogP contribution in [0, 0.1) is 0 Å². The van der Waals surface area contributed by atoms with Crippen LogP contribution in [0.4, 0.5) is 0 Å². The number of methoxy groups -OCH3 is 1. The van der Waals surface area contributed by atoms with Gasteiger partial charge in [0.25, 0.3) is 0 Å². The van der Waals surface area contributed by atoms with Gasteiger partial charge in [-0.3, -0.25) is 9.59 Å². The topological polar surface area (TPSA) is 52.6 Å². The quantitative estimate of drug-likeness (QED) is 0.755. The average molecular weight is 244 g/mol. The molecule has 0 fully saturated rings. The van der Waals surface area contributed by atoms with Crippen LogP contribution in [0.3, 0.4) is 0 Å². The Morgan fingerprint density at radius 3 is 2.50 bits per heavy atom. The van der Waals surface area contributed by atoms with Crippen molar-refractivity contribution in [2.45, 2.75) is 12.7 Å². The summed E-state index contributed by atoms with van der Waals surface area (Å²) >= 11 is 0. The van der Waals surface area contributed by atoms with E-state index >= 15 is 0 Å². The largest absolute Gasteiger partial charge is 0.352 e. The zero-order valence-electron chi connectivity index (χ0n) is 9.93. The Hall–Kier alpha value is -1.78. The Morgan fingerprint density at radius 1 is 1.17 bits per heavy atom. The molecule has 0 radical (unpaired) electrons. The number of rotatable bonds is 1. The summed E-state index contributed by atoms with van der Waals surface area (Å²) in [5.74, 6) is -0.239. The molecule has 1 aliphatic heterocycles. The number of carbonyl (C=O) groups excluding carboxylic acids is 2. The van der Waals surface area contributed by atoms with Crippen LogP contribution >= 0.6 is 0 Å². The standard InChI is InChI=1S/C14H12O4/c1-17-14-11-10(6-7-18-14)12(15)8-4-2-3-5-9(8)13(11)16/h2-5,14H,6-7H2,1H3. The molecule has 92 valence electrons. The van der Waals surface area contributed by atoms with Gasteiger partial charge in [0.15, 0.2) is 17.9 Å². The van der Waals surface area contributed by atoms with E-state index in [9.17, 15) is 9.59 Å². The second-order valence-corrected chi connectivity index (χ2v) is 4.28. The molecule has 0 spiro atoms. The molecule has 0 saturated heterocycles. The smallest absolute Gasteiger partial charge is 0.195 e. The van der Waals surface area contributed by atoms with E-state index in [1.807, 2.05) is 0 Å². The van der Waals surface area contributed by atoms with E-state index in [0.29, 0.717) is 35.3 Å². The van der Waals surface area contributed by atoms with Gasteiger partial charge in [-0.25, -0.2) is 0 Å².